The lowest BCUT2D eigenvalue weighted by atomic mass is 9.86. The Morgan fingerprint density at radius 2 is 0.694 bits per heavy atom. The summed E-state index contributed by atoms with van der Waals surface area (Å²) in [6.07, 6.45) is 3.74. The van der Waals surface area contributed by atoms with E-state index in [0.29, 0.717) is 17.5 Å². The molecule has 288 valence electrons. The molecule has 0 fully saturated rings. The van der Waals surface area contributed by atoms with Crippen LogP contribution in [0.4, 0.5) is 0 Å². The van der Waals surface area contributed by atoms with Crippen LogP contribution in [-0.2, 0) is 0 Å². The predicted octanol–water partition coefficient (Wildman–Crippen LogP) is 15.0. The predicted molar refractivity (Wildman–Crippen MR) is 258 cm³/mol. The molecule has 62 heavy (non-hydrogen) atoms. The van der Waals surface area contributed by atoms with Gasteiger partial charge in [-0.1, -0.05) is 170 Å². The molecule has 0 aliphatic carbocycles. The van der Waals surface area contributed by atoms with Crippen LogP contribution in [0.2, 0.25) is 0 Å². The molecule has 0 aliphatic heterocycles. The molecule has 0 amide bonds. The smallest absolute Gasteiger partial charge is 0.164 e. The van der Waals surface area contributed by atoms with E-state index in [1.54, 1.807) is 0 Å². The fraction of sp³-hybridized carbons (Fsp3) is 0. The highest BCUT2D eigenvalue weighted by Gasteiger charge is 2.20. The summed E-state index contributed by atoms with van der Waals surface area (Å²) in [6, 6.07) is 73.3. The maximum absolute atomic E-state index is 5.37. The number of pyridine rings is 1. The number of fused-ring (bicyclic) bond motifs is 9. The third-order valence-corrected chi connectivity index (χ3v) is 12.2. The van der Waals surface area contributed by atoms with Gasteiger partial charge in [-0.05, 0) is 118 Å². The lowest BCUT2D eigenvalue weighted by molar-refractivity contribution is 1.08. The Hall–Kier alpha value is -8.34. The maximum Gasteiger partial charge on any atom is 0.164 e. The van der Waals surface area contributed by atoms with E-state index in [1.165, 1.54) is 54.2 Å². The molecule has 0 atom stereocenters. The van der Waals surface area contributed by atoms with E-state index in [-0.39, 0.29) is 0 Å². The summed E-state index contributed by atoms with van der Waals surface area (Å²) in [5, 5.41) is 12.1. The summed E-state index contributed by atoms with van der Waals surface area (Å²) in [5.74, 6) is 1.83. The van der Waals surface area contributed by atoms with E-state index in [0.717, 1.165) is 49.7 Å². The highest BCUT2D eigenvalue weighted by atomic mass is 15.0. The summed E-state index contributed by atoms with van der Waals surface area (Å²) in [7, 11) is 0. The molecule has 0 radical (unpaired) electrons. The normalized spacial score (nSPS) is 11.5. The van der Waals surface area contributed by atoms with E-state index < -0.39 is 0 Å². The topological polar surface area (TPSA) is 51.6 Å². The molecule has 0 N–H and O–H groups in total. The Labute approximate surface area is 358 Å². The second-order valence-corrected chi connectivity index (χ2v) is 15.8. The van der Waals surface area contributed by atoms with Crippen LogP contribution in [0, 0.1) is 0 Å². The van der Waals surface area contributed by atoms with Crippen LogP contribution in [0.5, 0.6) is 0 Å². The lowest BCUT2D eigenvalue weighted by Gasteiger charge is -2.17. The molecule has 4 heteroatoms. The second kappa shape index (κ2) is 14.7. The van der Waals surface area contributed by atoms with Crippen molar-refractivity contribution < 1.29 is 0 Å². The minimum Gasteiger partial charge on any atom is -0.264 e. The van der Waals surface area contributed by atoms with Crippen molar-refractivity contribution in [2.75, 3.05) is 0 Å². The zero-order chi connectivity index (χ0) is 41.0. The quantitative estimate of drug-likeness (QED) is 0.158. The summed E-state index contributed by atoms with van der Waals surface area (Å²) < 4.78 is 0. The first-order chi connectivity index (χ1) is 30.7. The average Bonchev–Trinajstić information content (AvgIpc) is 3.36. The van der Waals surface area contributed by atoms with E-state index in [2.05, 4.69) is 187 Å². The second-order valence-electron chi connectivity index (χ2n) is 15.8. The van der Waals surface area contributed by atoms with Crippen LogP contribution in [0.3, 0.4) is 0 Å². The largest absolute Gasteiger partial charge is 0.264 e. The number of benzene rings is 10. The van der Waals surface area contributed by atoms with Gasteiger partial charge in [0.15, 0.2) is 17.5 Å². The van der Waals surface area contributed by atoms with E-state index in [9.17, 15) is 0 Å². The third-order valence-electron chi connectivity index (χ3n) is 12.2. The minimum atomic E-state index is 0.596. The van der Waals surface area contributed by atoms with Gasteiger partial charge in [0.05, 0.1) is 0 Å². The maximum atomic E-state index is 5.37. The standard InChI is InChI=1S/C58H36N4/c1-3-16-37(17-4-1)43-29-30-52(47-24-9-7-21-44(43)47)58-61-56(38-18-5-2-6-19-38)60-57(62-58)42-33-40(39-20-15-31-59-36-39)32-41(34-42)53-35-54-48-25-10-8-22-45(48)46-23-11-13-27-50(46)55(54)51-28-14-12-26-49(51)53/h1-36H. The molecule has 12 aromatic rings. The Morgan fingerprint density at radius 3 is 1.35 bits per heavy atom. The van der Waals surface area contributed by atoms with Gasteiger partial charge in [0.25, 0.3) is 0 Å². The molecule has 10 aromatic carbocycles. The number of nitrogens with zero attached hydrogens (tertiary/aromatic N) is 4. The van der Waals surface area contributed by atoms with Gasteiger partial charge in [-0.3, -0.25) is 4.98 Å². The Morgan fingerprint density at radius 1 is 0.242 bits per heavy atom. The number of hydrogen-bond acceptors (Lipinski definition) is 4. The van der Waals surface area contributed by atoms with Crippen LogP contribution >= 0.6 is 0 Å². The van der Waals surface area contributed by atoms with Gasteiger partial charge in [-0.2, -0.15) is 0 Å². The molecular weight excluding hydrogens is 753 g/mol. The molecule has 0 unspecified atom stereocenters. The van der Waals surface area contributed by atoms with Gasteiger partial charge in [-0.15, -0.1) is 0 Å². The Bertz CT molecular complexity index is 3680. The third kappa shape index (κ3) is 6.00. The van der Waals surface area contributed by atoms with E-state index in [1.807, 2.05) is 36.7 Å². The molecule has 0 saturated carbocycles. The van der Waals surface area contributed by atoms with Crippen molar-refractivity contribution in [1.82, 2.24) is 19.9 Å². The minimum absolute atomic E-state index is 0.596. The first kappa shape index (κ1) is 35.6. The van der Waals surface area contributed by atoms with E-state index in [4.69, 9.17) is 15.0 Å². The van der Waals surface area contributed by atoms with Crippen LogP contribution < -0.4 is 0 Å². The van der Waals surface area contributed by atoms with Crippen molar-refractivity contribution >= 4 is 53.9 Å². The average molecular weight is 789 g/mol. The van der Waals surface area contributed by atoms with Crippen molar-refractivity contribution in [1.29, 1.82) is 0 Å². The molecule has 0 aliphatic rings. The van der Waals surface area contributed by atoms with Crippen molar-refractivity contribution in [2.24, 2.45) is 0 Å². The monoisotopic (exact) mass is 788 g/mol. The van der Waals surface area contributed by atoms with Crippen LogP contribution in [-0.4, -0.2) is 19.9 Å². The number of hydrogen-bond donors (Lipinski definition) is 0. The van der Waals surface area contributed by atoms with Crippen LogP contribution in [0.15, 0.2) is 219 Å². The van der Waals surface area contributed by atoms with Crippen molar-refractivity contribution in [3.63, 3.8) is 0 Å². The van der Waals surface area contributed by atoms with Crippen LogP contribution in [0.1, 0.15) is 0 Å². The van der Waals surface area contributed by atoms with Gasteiger partial charge in [-0.25, -0.2) is 15.0 Å². The fourth-order valence-corrected chi connectivity index (χ4v) is 9.32. The zero-order valence-corrected chi connectivity index (χ0v) is 33.6. The summed E-state index contributed by atoms with van der Waals surface area (Å²) in [5.41, 5.74) is 9.34. The summed E-state index contributed by atoms with van der Waals surface area (Å²) in [6.45, 7) is 0. The summed E-state index contributed by atoms with van der Waals surface area (Å²) in [4.78, 5) is 20.4. The van der Waals surface area contributed by atoms with E-state index >= 15 is 0 Å². The first-order valence-electron chi connectivity index (χ1n) is 21.0. The first-order valence-corrected chi connectivity index (χ1v) is 21.0. The van der Waals surface area contributed by atoms with Crippen LogP contribution in [0.25, 0.3) is 121 Å². The van der Waals surface area contributed by atoms with Gasteiger partial charge in [0.1, 0.15) is 0 Å². The highest BCUT2D eigenvalue weighted by molar-refractivity contribution is 6.33. The van der Waals surface area contributed by atoms with Crippen molar-refractivity contribution in [3.05, 3.63) is 219 Å². The lowest BCUT2D eigenvalue weighted by Crippen LogP contribution is -2.01. The fourth-order valence-electron chi connectivity index (χ4n) is 9.32. The molecule has 4 nitrogen and oxygen atoms in total. The summed E-state index contributed by atoms with van der Waals surface area (Å²) >= 11 is 0. The van der Waals surface area contributed by atoms with Gasteiger partial charge < -0.3 is 0 Å². The number of aromatic nitrogens is 4. The molecule has 0 bridgehead atoms. The van der Waals surface area contributed by atoms with Gasteiger partial charge >= 0.3 is 0 Å². The molecular formula is C58H36N4. The van der Waals surface area contributed by atoms with Crippen molar-refractivity contribution in [3.8, 4) is 67.5 Å². The molecule has 2 heterocycles. The molecule has 2 aromatic heterocycles. The molecule has 12 rings (SSSR count). The Kier molecular flexibility index (Phi) is 8.46. The SMILES string of the molecule is c1ccc(-c2nc(-c3cc(-c4cccnc4)cc(-c4cc5c6ccccc6c6ccccc6c5c5ccccc45)c3)nc(-c3ccc(-c4ccccc4)c4ccccc34)n2)cc1. The van der Waals surface area contributed by atoms with Gasteiger partial charge in [0, 0.05) is 34.6 Å². The zero-order valence-electron chi connectivity index (χ0n) is 33.6. The van der Waals surface area contributed by atoms with Crippen molar-refractivity contribution in [2.45, 2.75) is 0 Å². The Balaban J connectivity index is 1.13. The molecule has 0 saturated heterocycles. The number of rotatable bonds is 6. The molecule has 0 spiro atoms. The van der Waals surface area contributed by atoms with Gasteiger partial charge in [0.2, 0.25) is 0 Å². The highest BCUT2D eigenvalue weighted by Crippen LogP contribution is 2.44.